The van der Waals surface area contributed by atoms with Crippen molar-refractivity contribution in [2.45, 2.75) is 12.1 Å². The fourth-order valence-electron chi connectivity index (χ4n) is 4.42. The molecule has 9 nitrogen and oxygen atoms in total. The lowest BCUT2D eigenvalue weighted by Gasteiger charge is -2.27. The van der Waals surface area contributed by atoms with Crippen LogP contribution in [0.1, 0.15) is 44.3 Å². The molecule has 37 heavy (non-hydrogen) atoms. The average Bonchev–Trinajstić information content (AvgIpc) is 3.53. The van der Waals surface area contributed by atoms with Crippen molar-refractivity contribution in [3.63, 3.8) is 0 Å². The van der Waals surface area contributed by atoms with Crippen molar-refractivity contribution < 1.29 is 29.0 Å². The number of hydrogen-bond donors (Lipinski definition) is 3. The molecule has 1 aliphatic rings. The minimum atomic E-state index is -1.24. The molecular weight excluding hydrogens is 494 g/mol. The molecule has 1 saturated heterocycles. The molecule has 0 saturated carbocycles. The number of furan rings is 1. The summed E-state index contributed by atoms with van der Waals surface area (Å²) in [6.07, 6.45) is 1.70. The van der Waals surface area contributed by atoms with E-state index in [9.17, 15) is 19.8 Å². The molecule has 10 heteroatoms. The smallest absolute Gasteiger partial charge is 0.335 e. The highest BCUT2D eigenvalue weighted by molar-refractivity contribution is 7.80. The number of hydrogen-bond acceptors (Lipinski definition) is 6. The number of thiocarbonyl (C=S) groups is 1. The van der Waals surface area contributed by atoms with Crippen molar-refractivity contribution in [1.82, 2.24) is 10.3 Å². The molecule has 5 rings (SSSR count). The first-order valence-electron chi connectivity index (χ1n) is 11.2. The van der Waals surface area contributed by atoms with Gasteiger partial charge in [-0.1, -0.05) is 18.2 Å². The summed E-state index contributed by atoms with van der Waals surface area (Å²) in [6, 6.07) is 19.5. The average molecular weight is 516 g/mol. The number of aromatic carboxylic acids is 2. The highest BCUT2D eigenvalue weighted by Gasteiger charge is 2.43. The molecule has 0 bridgehead atoms. The van der Waals surface area contributed by atoms with Crippen LogP contribution in [0.4, 0.5) is 5.69 Å². The fraction of sp³-hybridized carbons (Fsp3) is 0.111. The Morgan fingerprint density at radius 1 is 1.00 bits per heavy atom. The Bertz CT molecular complexity index is 1470. The number of carboxylic acid groups (broad SMARTS) is 2. The number of methoxy groups -OCH3 is 1. The van der Waals surface area contributed by atoms with Gasteiger partial charge >= 0.3 is 11.9 Å². The van der Waals surface area contributed by atoms with E-state index < -0.39 is 18.0 Å². The first-order chi connectivity index (χ1) is 17.9. The van der Waals surface area contributed by atoms with Crippen molar-refractivity contribution >= 4 is 35.0 Å². The van der Waals surface area contributed by atoms with Gasteiger partial charge in [0.1, 0.15) is 23.3 Å². The van der Waals surface area contributed by atoms with Crippen LogP contribution in [0.5, 0.6) is 5.75 Å². The van der Waals surface area contributed by atoms with Crippen molar-refractivity contribution in [2.75, 3.05) is 12.0 Å². The molecule has 1 fully saturated rings. The predicted octanol–water partition coefficient (Wildman–Crippen LogP) is 4.92. The summed E-state index contributed by atoms with van der Waals surface area (Å²) in [5.41, 5.74) is 1.49. The summed E-state index contributed by atoms with van der Waals surface area (Å²) in [5.74, 6) is -1.02. The van der Waals surface area contributed by atoms with E-state index in [0.717, 1.165) is 17.4 Å². The SMILES string of the molecule is COc1ccccc1N1C(=S)N[C@H](c2ccccn2)[C@H]1c1ccc(-c2cc(C(=O)O)cc(C(=O)O)c2)o1. The minimum absolute atomic E-state index is 0.154. The third kappa shape index (κ3) is 4.50. The molecular formula is C27H21N3O6S. The number of rotatable bonds is 7. The summed E-state index contributed by atoms with van der Waals surface area (Å²) in [4.78, 5) is 29.6. The molecule has 0 amide bonds. The van der Waals surface area contributed by atoms with E-state index >= 15 is 0 Å². The highest BCUT2D eigenvalue weighted by Crippen LogP contribution is 2.45. The molecule has 0 spiro atoms. The molecule has 0 radical (unpaired) electrons. The summed E-state index contributed by atoms with van der Waals surface area (Å²) in [7, 11) is 1.58. The third-order valence-electron chi connectivity index (χ3n) is 6.07. The van der Waals surface area contributed by atoms with Gasteiger partial charge in [0.2, 0.25) is 0 Å². The van der Waals surface area contributed by atoms with Crippen LogP contribution in [-0.4, -0.2) is 39.4 Å². The molecule has 4 aromatic rings. The minimum Gasteiger partial charge on any atom is -0.495 e. The molecule has 3 heterocycles. The molecule has 186 valence electrons. The Hall–Kier alpha value is -4.70. The number of benzene rings is 2. The summed E-state index contributed by atoms with van der Waals surface area (Å²) >= 11 is 5.74. The number of para-hydroxylation sites is 2. The second-order valence-corrected chi connectivity index (χ2v) is 8.67. The maximum absolute atomic E-state index is 11.6. The number of pyridine rings is 1. The van der Waals surface area contributed by atoms with Gasteiger partial charge in [-0.25, -0.2) is 9.59 Å². The van der Waals surface area contributed by atoms with Gasteiger partial charge in [-0.2, -0.15) is 0 Å². The number of nitrogens with one attached hydrogen (secondary N) is 1. The number of ether oxygens (including phenoxy) is 1. The van der Waals surface area contributed by atoms with Gasteiger partial charge in [0.25, 0.3) is 0 Å². The molecule has 3 N–H and O–H groups in total. The molecule has 0 aliphatic carbocycles. The van der Waals surface area contributed by atoms with E-state index in [1.165, 1.54) is 12.1 Å². The Balaban J connectivity index is 1.63. The number of anilines is 1. The number of carbonyl (C=O) groups is 2. The van der Waals surface area contributed by atoms with Crippen molar-refractivity contribution in [2.24, 2.45) is 0 Å². The molecule has 2 aromatic heterocycles. The first kappa shape index (κ1) is 24.0. The summed E-state index contributed by atoms with van der Waals surface area (Å²) in [6.45, 7) is 0. The second-order valence-electron chi connectivity index (χ2n) is 8.28. The van der Waals surface area contributed by atoms with Crippen LogP contribution in [0.3, 0.4) is 0 Å². The topological polar surface area (TPSA) is 125 Å². The quantitative estimate of drug-likeness (QED) is 0.292. The van der Waals surface area contributed by atoms with E-state index in [1.807, 2.05) is 47.4 Å². The lowest BCUT2D eigenvalue weighted by atomic mass is 10.0. The Kier molecular flexibility index (Phi) is 6.33. The predicted molar refractivity (Wildman–Crippen MR) is 139 cm³/mol. The van der Waals surface area contributed by atoms with E-state index in [-0.39, 0.29) is 17.2 Å². The van der Waals surface area contributed by atoms with Crippen LogP contribution in [0.2, 0.25) is 0 Å². The van der Waals surface area contributed by atoms with E-state index in [1.54, 1.807) is 25.4 Å². The first-order valence-corrected chi connectivity index (χ1v) is 11.6. The maximum atomic E-state index is 11.6. The monoisotopic (exact) mass is 515 g/mol. The van der Waals surface area contributed by atoms with Crippen molar-refractivity contribution in [3.8, 4) is 17.1 Å². The molecule has 0 unspecified atom stereocenters. The van der Waals surface area contributed by atoms with Gasteiger partial charge in [0.05, 0.1) is 35.7 Å². The van der Waals surface area contributed by atoms with Gasteiger partial charge in [-0.15, -0.1) is 0 Å². The number of carboxylic acids is 2. The summed E-state index contributed by atoms with van der Waals surface area (Å²) in [5, 5.41) is 22.7. The number of nitrogens with zero attached hydrogens (tertiary/aromatic N) is 2. The van der Waals surface area contributed by atoms with Crippen molar-refractivity contribution in [3.05, 3.63) is 102 Å². The fourth-order valence-corrected chi connectivity index (χ4v) is 4.75. The van der Waals surface area contributed by atoms with Crippen LogP contribution in [0, 0.1) is 0 Å². The Morgan fingerprint density at radius 3 is 2.35 bits per heavy atom. The van der Waals surface area contributed by atoms with Crippen LogP contribution in [0.25, 0.3) is 11.3 Å². The van der Waals surface area contributed by atoms with Gasteiger partial charge in [-0.3, -0.25) is 4.98 Å². The van der Waals surface area contributed by atoms with E-state index in [2.05, 4.69) is 10.3 Å². The third-order valence-corrected chi connectivity index (χ3v) is 6.39. The van der Waals surface area contributed by atoms with E-state index in [0.29, 0.717) is 27.9 Å². The van der Waals surface area contributed by atoms with Gasteiger partial charge in [0.15, 0.2) is 5.11 Å². The van der Waals surface area contributed by atoms with Gasteiger partial charge < -0.3 is 29.6 Å². The van der Waals surface area contributed by atoms with Crippen molar-refractivity contribution in [1.29, 1.82) is 0 Å². The van der Waals surface area contributed by atoms with Crippen LogP contribution < -0.4 is 15.0 Å². The Labute approximate surface area is 216 Å². The lowest BCUT2D eigenvalue weighted by molar-refractivity contribution is 0.0696. The van der Waals surface area contributed by atoms with Gasteiger partial charge in [0, 0.05) is 11.8 Å². The maximum Gasteiger partial charge on any atom is 0.335 e. The molecule has 1 aliphatic heterocycles. The zero-order valence-electron chi connectivity index (χ0n) is 19.5. The zero-order chi connectivity index (χ0) is 26.1. The van der Waals surface area contributed by atoms with Crippen LogP contribution in [0.15, 0.2) is 83.4 Å². The van der Waals surface area contributed by atoms with Crippen LogP contribution >= 0.6 is 12.2 Å². The standard InChI is InChI=1S/C27H21N3O6S/c1-35-21-8-3-2-7-19(21)30-24(23(29-27(30)37)18-6-4-5-11-28-18)22-10-9-20(36-22)15-12-16(25(31)32)14-17(13-15)26(33)34/h2-14,23-24H,1H3,(H,29,37)(H,31,32)(H,33,34)/t23-,24-/m1/s1. The zero-order valence-corrected chi connectivity index (χ0v) is 20.3. The van der Waals surface area contributed by atoms with Gasteiger partial charge in [-0.05, 0) is 66.8 Å². The Morgan fingerprint density at radius 2 is 1.70 bits per heavy atom. The largest absolute Gasteiger partial charge is 0.495 e. The highest BCUT2D eigenvalue weighted by atomic mass is 32.1. The number of aromatic nitrogens is 1. The lowest BCUT2D eigenvalue weighted by Crippen LogP contribution is -2.29. The second kappa shape index (κ2) is 9.75. The summed E-state index contributed by atoms with van der Waals surface area (Å²) < 4.78 is 11.8. The van der Waals surface area contributed by atoms with E-state index in [4.69, 9.17) is 21.4 Å². The normalized spacial score (nSPS) is 16.9. The van der Waals surface area contributed by atoms with Crippen LogP contribution in [-0.2, 0) is 0 Å². The molecule has 2 atom stereocenters. The molecule has 2 aromatic carbocycles.